The fraction of sp³-hybridized carbons (Fsp3) is 0.0811. The van der Waals surface area contributed by atoms with Gasteiger partial charge in [0.05, 0.1) is 26.0 Å². The maximum atomic E-state index is 9.91. The smallest absolute Gasteiger partial charge is 0.0616 e. The number of rotatable bonds is 1. The van der Waals surface area contributed by atoms with Crippen molar-refractivity contribution < 1.29 is 34.3 Å². The zero-order valence-corrected chi connectivity index (χ0v) is 18.6. The highest BCUT2D eigenvalue weighted by Crippen LogP contribution is 2.52. The molecule has 0 aliphatic heterocycles. The number of fused-ring (bicyclic) bond motifs is 9. The summed E-state index contributed by atoms with van der Waals surface area (Å²) in [5.41, 5.74) is -8.69. The lowest BCUT2D eigenvalue weighted by Gasteiger charge is -2.24. The van der Waals surface area contributed by atoms with Gasteiger partial charge in [0.15, 0.2) is 0 Å². The summed E-state index contributed by atoms with van der Waals surface area (Å²) in [5.74, 6) is 0. The van der Waals surface area contributed by atoms with Crippen molar-refractivity contribution in [3.05, 3.63) is 132 Å². The second kappa shape index (κ2) is 7.31. The van der Waals surface area contributed by atoms with Gasteiger partial charge in [0, 0.05) is 13.6 Å². The van der Waals surface area contributed by atoms with E-state index in [1.807, 2.05) is 0 Å². The minimum absolute atomic E-state index is 0.444. The van der Waals surface area contributed by atoms with Crippen LogP contribution in [0.5, 0.6) is 0 Å². The molecule has 1 aliphatic carbocycles. The van der Waals surface area contributed by atoms with Crippen LogP contribution in [0, 0.1) is 0 Å². The normalized spacial score (nSPS) is 24.2. The number of hydrogen-bond donors (Lipinski definition) is 0. The summed E-state index contributed by atoms with van der Waals surface area (Å²) < 4.78 is 223. The lowest BCUT2D eigenvalue weighted by Crippen LogP contribution is -2.15. The molecular formula is C37H26. The molecule has 0 bridgehead atoms. The van der Waals surface area contributed by atoms with Crippen LogP contribution in [0.1, 0.15) is 59.1 Å². The standard InChI is InChI=1S/C37H26/c1-37(2)34-22-26(17-18-30(34)32-20-16-24-10-4-8-14-29(24)36(32)37)35-28-13-7-5-11-25(28)21-33-27-12-6-3-9-23(27)15-19-31(33)35/h3-22H,1-2H3/i1D3,2D3,3D,4D,5D,6D,7D,8D,9D,10D,11D,12D,14D,15D,16D,17D,18D,19D,20D,21D,22D. The van der Waals surface area contributed by atoms with Crippen LogP contribution in [-0.4, -0.2) is 0 Å². The molecule has 174 valence electrons. The first-order valence-corrected chi connectivity index (χ1v) is 11.1. The van der Waals surface area contributed by atoms with Gasteiger partial charge in [-0.3, -0.25) is 0 Å². The molecule has 0 atom stereocenters. The van der Waals surface area contributed by atoms with Gasteiger partial charge >= 0.3 is 0 Å². The van der Waals surface area contributed by atoms with Gasteiger partial charge in [0.2, 0.25) is 0 Å². The molecule has 0 saturated carbocycles. The predicted octanol–water partition coefficient (Wildman–Crippen LogP) is 10.3. The molecule has 0 aromatic heterocycles. The van der Waals surface area contributed by atoms with Crippen molar-refractivity contribution in [2.24, 2.45) is 0 Å². The zero-order chi connectivity index (χ0) is 46.3. The van der Waals surface area contributed by atoms with Crippen LogP contribution in [-0.2, 0) is 5.41 Å². The Morgan fingerprint density at radius 3 is 2.11 bits per heavy atom. The van der Waals surface area contributed by atoms with Gasteiger partial charge < -0.3 is 0 Å². The molecule has 0 heteroatoms. The van der Waals surface area contributed by atoms with E-state index in [4.69, 9.17) is 27.4 Å². The Bertz CT molecular complexity index is 3290. The first-order valence-electron chi connectivity index (χ1n) is 23.6. The Morgan fingerprint density at radius 2 is 1.24 bits per heavy atom. The first-order chi connectivity index (χ1) is 28.5. The van der Waals surface area contributed by atoms with E-state index in [1.54, 1.807) is 0 Å². The minimum atomic E-state index is -3.87. The largest absolute Gasteiger partial charge is 0.0636 e. The summed E-state index contributed by atoms with van der Waals surface area (Å²) in [4.78, 5) is 0. The monoisotopic (exact) mass is 495 g/mol. The summed E-state index contributed by atoms with van der Waals surface area (Å²) in [6.07, 6.45) is 0. The van der Waals surface area contributed by atoms with E-state index in [2.05, 4.69) is 0 Å². The average molecular weight is 496 g/mol. The molecule has 0 heterocycles. The van der Waals surface area contributed by atoms with E-state index < -0.39 is 210 Å². The Hall–Kier alpha value is -4.42. The Labute approximate surface area is 251 Å². The molecular weight excluding hydrogens is 444 g/mol. The summed E-state index contributed by atoms with van der Waals surface area (Å²) in [7, 11) is 0. The summed E-state index contributed by atoms with van der Waals surface area (Å²) in [6, 6.07) is -16.0. The molecule has 37 heavy (non-hydrogen) atoms. The van der Waals surface area contributed by atoms with Crippen LogP contribution in [0.2, 0.25) is 0 Å². The SMILES string of the molecule is [2H]c1cc2c(-c3c([2H])c([2H])c4c(c3[2H])C(C([2H])([2H])[2H])(C([2H])([2H])[2H])c3c-4c([2H])c([2H])c4c([2H])c([2H])c([2H])c([2H])c34)c3c([2H])c([2H])c4c([2H])c([2H])c([2H])c([2H])c4c3c([2H])c2c([2H])c1[2H]. The number of benzene rings is 7. The molecule has 0 unspecified atom stereocenters. The van der Waals surface area contributed by atoms with E-state index in [0.29, 0.717) is 0 Å². The van der Waals surface area contributed by atoms with Gasteiger partial charge in [-0.2, -0.15) is 0 Å². The fourth-order valence-corrected chi connectivity index (χ4v) is 4.97. The molecule has 7 aromatic rings. The third-order valence-electron chi connectivity index (χ3n) is 6.58. The molecule has 0 radical (unpaired) electrons. The lowest BCUT2D eigenvalue weighted by atomic mass is 9.79. The Balaban J connectivity index is 1.75. The van der Waals surface area contributed by atoms with Crippen molar-refractivity contribution >= 4 is 43.1 Å². The fourth-order valence-electron chi connectivity index (χ4n) is 4.97. The van der Waals surface area contributed by atoms with E-state index in [0.717, 1.165) is 6.07 Å². The average Bonchev–Trinajstić information content (AvgIpc) is 3.53. The van der Waals surface area contributed by atoms with Crippen LogP contribution >= 0.6 is 0 Å². The maximum Gasteiger partial charge on any atom is 0.0636 e. The molecule has 0 saturated heterocycles. The molecule has 0 amide bonds. The lowest BCUT2D eigenvalue weighted by molar-refractivity contribution is 0.666. The van der Waals surface area contributed by atoms with E-state index in [9.17, 15) is 6.85 Å². The van der Waals surface area contributed by atoms with E-state index in [1.165, 1.54) is 0 Å². The highest BCUT2D eigenvalue weighted by atomic mass is 14.4. The van der Waals surface area contributed by atoms with Gasteiger partial charge in [0.1, 0.15) is 0 Å². The molecule has 0 spiro atoms. The summed E-state index contributed by atoms with van der Waals surface area (Å²) >= 11 is 0. The summed E-state index contributed by atoms with van der Waals surface area (Å²) in [6.45, 7) is -7.74. The predicted molar refractivity (Wildman–Crippen MR) is 159 cm³/mol. The van der Waals surface area contributed by atoms with Crippen LogP contribution in [0.4, 0.5) is 0 Å². The van der Waals surface area contributed by atoms with Crippen molar-refractivity contribution in [1.82, 2.24) is 0 Å². The van der Waals surface area contributed by atoms with Gasteiger partial charge in [-0.25, -0.2) is 0 Å². The maximum absolute atomic E-state index is 9.91. The third kappa shape index (κ3) is 2.79. The van der Waals surface area contributed by atoms with Gasteiger partial charge in [0.25, 0.3) is 0 Å². The number of hydrogen-bond acceptors (Lipinski definition) is 0. The van der Waals surface area contributed by atoms with Gasteiger partial charge in [-0.1, -0.05) is 122 Å². The molecule has 0 nitrogen and oxygen atoms in total. The van der Waals surface area contributed by atoms with Crippen molar-refractivity contribution in [3.8, 4) is 22.3 Å². The zero-order valence-electron chi connectivity index (χ0n) is 43.6. The molecule has 0 N–H and O–H groups in total. The van der Waals surface area contributed by atoms with Gasteiger partial charge in [-0.15, -0.1) is 0 Å². The van der Waals surface area contributed by atoms with Crippen LogP contribution in [0.3, 0.4) is 0 Å². The molecule has 0 fully saturated rings. The topological polar surface area (TPSA) is 0 Å². The summed E-state index contributed by atoms with van der Waals surface area (Å²) in [5, 5.41) is -4.73. The molecule has 8 rings (SSSR count). The van der Waals surface area contributed by atoms with E-state index in [-0.39, 0.29) is 0 Å². The molecule has 1 aliphatic rings. The second-order valence-corrected chi connectivity index (χ2v) is 8.58. The molecule has 7 aromatic carbocycles. The van der Waals surface area contributed by atoms with Crippen molar-refractivity contribution in [3.63, 3.8) is 0 Å². The van der Waals surface area contributed by atoms with Crippen molar-refractivity contribution in [2.45, 2.75) is 19.1 Å². The Morgan fingerprint density at radius 1 is 0.541 bits per heavy atom. The Kier molecular flexibility index (Phi) is 1.54. The highest BCUT2D eigenvalue weighted by Gasteiger charge is 2.37. The van der Waals surface area contributed by atoms with E-state index >= 15 is 0 Å². The van der Waals surface area contributed by atoms with Gasteiger partial charge in [-0.05, 0) is 88.6 Å². The first kappa shape index (κ1) is 7.79. The van der Waals surface area contributed by atoms with Crippen LogP contribution in [0.25, 0.3) is 65.3 Å². The second-order valence-electron chi connectivity index (χ2n) is 8.58. The highest BCUT2D eigenvalue weighted by molar-refractivity contribution is 6.20. The van der Waals surface area contributed by atoms with Crippen LogP contribution < -0.4 is 0 Å². The van der Waals surface area contributed by atoms with Crippen molar-refractivity contribution in [1.29, 1.82) is 0 Å². The van der Waals surface area contributed by atoms with Crippen LogP contribution in [0.15, 0.2) is 121 Å². The third-order valence-corrected chi connectivity index (χ3v) is 6.58. The minimum Gasteiger partial charge on any atom is -0.0616 e. The quantitative estimate of drug-likeness (QED) is 0.157. The van der Waals surface area contributed by atoms with Crippen molar-refractivity contribution in [2.75, 3.05) is 0 Å².